The number of hydrogen-bond donors (Lipinski definition) is 1. The fraction of sp³-hybridized carbons (Fsp3) is 0.348. The molecule has 1 aliphatic heterocycles. The Balaban J connectivity index is 1.28. The van der Waals surface area contributed by atoms with Gasteiger partial charge in [0.15, 0.2) is 11.3 Å². The molecule has 0 spiro atoms. The zero-order valence-corrected chi connectivity index (χ0v) is 18.1. The summed E-state index contributed by atoms with van der Waals surface area (Å²) in [4.78, 5) is 32.8. The number of ether oxygens (including phenoxy) is 1. The Morgan fingerprint density at radius 2 is 2.00 bits per heavy atom. The number of oxazole rings is 2. The van der Waals surface area contributed by atoms with Gasteiger partial charge in [-0.1, -0.05) is 0 Å². The highest BCUT2D eigenvalue weighted by atomic mass is 16.5. The molecule has 0 bridgehead atoms. The first-order valence-corrected chi connectivity index (χ1v) is 11.0. The molecule has 1 saturated carbocycles. The van der Waals surface area contributed by atoms with Crippen LogP contribution in [0.5, 0.6) is 0 Å². The van der Waals surface area contributed by atoms with Crippen LogP contribution in [0.1, 0.15) is 40.6 Å². The number of fused-ring (bicyclic) bond motifs is 1. The molecule has 2 fully saturated rings. The van der Waals surface area contributed by atoms with Gasteiger partial charge < -0.3 is 23.8 Å². The van der Waals surface area contributed by atoms with Gasteiger partial charge in [0.25, 0.3) is 11.9 Å². The third-order valence-corrected chi connectivity index (χ3v) is 5.78. The van der Waals surface area contributed by atoms with Crippen molar-refractivity contribution in [3.63, 3.8) is 0 Å². The van der Waals surface area contributed by atoms with E-state index in [1.807, 2.05) is 17.9 Å². The van der Waals surface area contributed by atoms with Crippen LogP contribution in [0, 0.1) is 6.92 Å². The van der Waals surface area contributed by atoms with E-state index in [2.05, 4.69) is 20.3 Å². The smallest absolute Gasteiger partial charge is 0.300 e. The van der Waals surface area contributed by atoms with E-state index in [0.29, 0.717) is 48.0 Å². The van der Waals surface area contributed by atoms with Crippen LogP contribution in [0.2, 0.25) is 0 Å². The Morgan fingerprint density at radius 3 is 2.79 bits per heavy atom. The first-order chi connectivity index (χ1) is 16.1. The summed E-state index contributed by atoms with van der Waals surface area (Å²) in [5.74, 6) is 0.305. The van der Waals surface area contributed by atoms with Crippen LogP contribution in [0.3, 0.4) is 0 Å². The van der Waals surface area contributed by atoms with Crippen LogP contribution in [0.15, 0.2) is 39.5 Å². The number of hydrogen-bond acceptors (Lipinski definition) is 9. The van der Waals surface area contributed by atoms with Gasteiger partial charge in [-0.15, -0.1) is 0 Å². The van der Waals surface area contributed by atoms with Gasteiger partial charge in [0.05, 0.1) is 24.6 Å². The van der Waals surface area contributed by atoms with E-state index in [0.717, 1.165) is 42.9 Å². The van der Waals surface area contributed by atoms with Crippen LogP contribution in [-0.4, -0.2) is 52.1 Å². The summed E-state index contributed by atoms with van der Waals surface area (Å²) >= 11 is 0. The molecule has 168 valence electrons. The van der Waals surface area contributed by atoms with Gasteiger partial charge in [-0.3, -0.25) is 9.78 Å². The molecular formula is C23H22N6O4. The number of nitrogens with one attached hydrogen (secondary N) is 1. The van der Waals surface area contributed by atoms with Crippen molar-refractivity contribution in [1.82, 2.24) is 19.9 Å². The Bertz CT molecular complexity index is 1340. The third-order valence-electron chi connectivity index (χ3n) is 5.78. The Labute approximate surface area is 189 Å². The lowest BCUT2D eigenvalue weighted by Gasteiger charge is -2.24. The number of carbonyl (C=O) groups is 1. The normalized spacial score (nSPS) is 16.3. The van der Waals surface area contributed by atoms with E-state index in [9.17, 15) is 4.79 Å². The van der Waals surface area contributed by atoms with Gasteiger partial charge in [0.2, 0.25) is 11.5 Å². The quantitative estimate of drug-likeness (QED) is 0.491. The first-order valence-electron chi connectivity index (χ1n) is 11.0. The van der Waals surface area contributed by atoms with Crippen molar-refractivity contribution in [3.8, 4) is 11.5 Å². The zero-order chi connectivity index (χ0) is 22.4. The maximum atomic E-state index is 13.0. The van der Waals surface area contributed by atoms with Crippen LogP contribution in [0.4, 0.5) is 11.7 Å². The molecule has 2 aliphatic rings. The summed E-state index contributed by atoms with van der Waals surface area (Å²) in [5, 5.41) is 2.95. The highest BCUT2D eigenvalue weighted by Crippen LogP contribution is 2.43. The number of carbonyl (C=O) groups excluding carboxylic acids is 1. The SMILES string of the molecule is Cc1cc(-c2nc(C(=O)Nc3cc4oc(N5CCOCC5)nc4nc3C3CC3)co2)ccn1. The van der Waals surface area contributed by atoms with Crippen molar-refractivity contribution < 1.29 is 18.4 Å². The number of pyridine rings is 2. The van der Waals surface area contributed by atoms with E-state index >= 15 is 0 Å². The average molecular weight is 446 g/mol. The molecule has 10 heteroatoms. The number of aromatic nitrogens is 4. The van der Waals surface area contributed by atoms with E-state index in [1.165, 1.54) is 6.26 Å². The molecule has 0 aromatic carbocycles. The predicted octanol–water partition coefficient (Wildman–Crippen LogP) is 3.55. The van der Waals surface area contributed by atoms with Gasteiger partial charge in [-0.25, -0.2) is 9.97 Å². The largest absolute Gasteiger partial charge is 0.444 e. The van der Waals surface area contributed by atoms with Crippen LogP contribution >= 0.6 is 0 Å². The summed E-state index contributed by atoms with van der Waals surface area (Å²) in [6.45, 7) is 4.60. The van der Waals surface area contributed by atoms with E-state index < -0.39 is 0 Å². The zero-order valence-electron chi connectivity index (χ0n) is 18.1. The number of aryl methyl sites for hydroxylation is 1. The maximum absolute atomic E-state index is 13.0. The van der Waals surface area contributed by atoms with Crippen molar-refractivity contribution in [3.05, 3.63) is 47.7 Å². The predicted molar refractivity (Wildman–Crippen MR) is 119 cm³/mol. The van der Waals surface area contributed by atoms with E-state index in [4.69, 9.17) is 18.6 Å². The molecule has 4 aromatic rings. The molecule has 1 aliphatic carbocycles. The Morgan fingerprint density at radius 1 is 1.15 bits per heavy atom. The molecule has 0 radical (unpaired) electrons. The molecule has 10 nitrogen and oxygen atoms in total. The summed E-state index contributed by atoms with van der Waals surface area (Å²) in [7, 11) is 0. The second-order valence-corrected chi connectivity index (χ2v) is 8.29. The van der Waals surface area contributed by atoms with Gasteiger partial charge in [0, 0.05) is 42.5 Å². The van der Waals surface area contributed by atoms with Crippen LogP contribution in [-0.2, 0) is 4.74 Å². The Hall–Kier alpha value is -3.79. The van der Waals surface area contributed by atoms with Crippen LogP contribution < -0.4 is 10.2 Å². The average Bonchev–Trinajstić information content (AvgIpc) is 3.39. The Kier molecular flexibility index (Phi) is 4.79. The molecule has 0 atom stereocenters. The van der Waals surface area contributed by atoms with Crippen molar-refractivity contribution in [2.24, 2.45) is 0 Å². The molecular weight excluding hydrogens is 424 g/mol. The molecule has 1 saturated heterocycles. The molecule has 0 unspecified atom stereocenters. The minimum atomic E-state index is -0.369. The second-order valence-electron chi connectivity index (χ2n) is 8.29. The number of morpholine rings is 1. The van der Waals surface area contributed by atoms with Gasteiger partial charge in [-0.05, 0) is 31.9 Å². The van der Waals surface area contributed by atoms with Crippen molar-refractivity contribution in [2.75, 3.05) is 36.5 Å². The van der Waals surface area contributed by atoms with E-state index in [-0.39, 0.29) is 11.6 Å². The molecule has 6 rings (SSSR count). The number of rotatable bonds is 5. The molecule has 1 amide bonds. The third kappa shape index (κ3) is 3.93. The topological polar surface area (TPSA) is 119 Å². The minimum Gasteiger partial charge on any atom is -0.444 e. The number of amides is 1. The highest BCUT2D eigenvalue weighted by Gasteiger charge is 2.30. The lowest BCUT2D eigenvalue weighted by atomic mass is 10.2. The van der Waals surface area contributed by atoms with Gasteiger partial charge >= 0.3 is 0 Å². The summed E-state index contributed by atoms with van der Waals surface area (Å²) in [5.41, 5.74) is 4.31. The molecule has 33 heavy (non-hydrogen) atoms. The number of anilines is 2. The minimum absolute atomic E-state index is 0.188. The standard InChI is InChI=1S/C23H22N6O4/c1-13-10-15(4-5-24-13)22-26-17(12-32-22)21(30)25-16-11-18-20(27-19(16)14-2-3-14)28-23(33-18)29-6-8-31-9-7-29/h4-5,10-12,14H,2-3,6-9H2,1H3,(H,25,30). The fourth-order valence-corrected chi connectivity index (χ4v) is 3.90. The molecule has 1 N–H and O–H groups in total. The monoisotopic (exact) mass is 446 g/mol. The fourth-order valence-electron chi connectivity index (χ4n) is 3.90. The lowest BCUT2D eigenvalue weighted by Crippen LogP contribution is -2.36. The maximum Gasteiger partial charge on any atom is 0.300 e. The van der Waals surface area contributed by atoms with Crippen molar-refractivity contribution >= 4 is 28.8 Å². The van der Waals surface area contributed by atoms with Crippen molar-refractivity contribution in [2.45, 2.75) is 25.7 Å². The first kappa shape index (κ1) is 19.9. The molecule has 4 aromatic heterocycles. The van der Waals surface area contributed by atoms with Gasteiger partial charge in [-0.2, -0.15) is 4.98 Å². The lowest BCUT2D eigenvalue weighted by molar-refractivity contribution is 0.102. The van der Waals surface area contributed by atoms with E-state index in [1.54, 1.807) is 18.3 Å². The summed E-state index contributed by atoms with van der Waals surface area (Å²) in [6.07, 6.45) is 5.10. The van der Waals surface area contributed by atoms with Crippen molar-refractivity contribution in [1.29, 1.82) is 0 Å². The van der Waals surface area contributed by atoms with Crippen LogP contribution in [0.25, 0.3) is 22.7 Å². The number of nitrogens with zero attached hydrogens (tertiary/aromatic N) is 5. The summed E-state index contributed by atoms with van der Waals surface area (Å²) < 4.78 is 16.9. The summed E-state index contributed by atoms with van der Waals surface area (Å²) in [6, 6.07) is 5.98. The highest BCUT2D eigenvalue weighted by molar-refractivity contribution is 6.04. The molecule has 5 heterocycles. The van der Waals surface area contributed by atoms with Gasteiger partial charge in [0.1, 0.15) is 6.26 Å². The second kappa shape index (κ2) is 7.96.